The van der Waals surface area contributed by atoms with Gasteiger partial charge in [0.25, 0.3) is 5.69 Å². The zero-order valence-corrected chi connectivity index (χ0v) is 9.33. The van der Waals surface area contributed by atoms with Crippen molar-refractivity contribution >= 4 is 11.5 Å². The van der Waals surface area contributed by atoms with Crippen LogP contribution >= 0.6 is 0 Å². The molecule has 0 aromatic carbocycles. The van der Waals surface area contributed by atoms with E-state index in [1.807, 2.05) is 11.9 Å². The van der Waals surface area contributed by atoms with Crippen LogP contribution < -0.4 is 4.90 Å². The second kappa shape index (κ2) is 5.41. The van der Waals surface area contributed by atoms with Crippen LogP contribution in [0.25, 0.3) is 0 Å². The highest BCUT2D eigenvalue weighted by Gasteiger charge is 2.08. The van der Waals surface area contributed by atoms with Crippen LogP contribution in [0.1, 0.15) is 13.3 Å². The molecule has 0 saturated carbocycles. The number of aromatic nitrogens is 1. The van der Waals surface area contributed by atoms with Crippen LogP contribution in [-0.2, 0) is 0 Å². The van der Waals surface area contributed by atoms with Crippen molar-refractivity contribution in [2.45, 2.75) is 19.4 Å². The van der Waals surface area contributed by atoms with Crippen molar-refractivity contribution in [1.29, 1.82) is 0 Å². The molecule has 0 spiro atoms. The number of pyridine rings is 1. The molecule has 88 valence electrons. The van der Waals surface area contributed by atoms with Gasteiger partial charge in [-0.05, 0) is 19.4 Å². The summed E-state index contributed by atoms with van der Waals surface area (Å²) in [6, 6.07) is 3.02. The molecule has 16 heavy (non-hydrogen) atoms. The molecule has 0 aliphatic carbocycles. The summed E-state index contributed by atoms with van der Waals surface area (Å²) in [6.07, 6.45) is 1.50. The summed E-state index contributed by atoms with van der Waals surface area (Å²) in [4.78, 5) is 15.8. The third-order valence-electron chi connectivity index (χ3n) is 2.22. The summed E-state index contributed by atoms with van der Waals surface area (Å²) >= 11 is 0. The van der Waals surface area contributed by atoms with Gasteiger partial charge in [-0.3, -0.25) is 10.1 Å². The molecule has 1 rings (SSSR count). The number of nitrogens with zero attached hydrogens (tertiary/aromatic N) is 3. The number of anilines is 1. The summed E-state index contributed by atoms with van der Waals surface area (Å²) in [5, 5.41) is 19.5. The van der Waals surface area contributed by atoms with Crippen molar-refractivity contribution in [3.63, 3.8) is 0 Å². The van der Waals surface area contributed by atoms with Crippen molar-refractivity contribution in [3.8, 4) is 0 Å². The first-order valence-electron chi connectivity index (χ1n) is 5.00. The normalized spacial score (nSPS) is 12.2. The lowest BCUT2D eigenvalue weighted by Gasteiger charge is -2.18. The summed E-state index contributed by atoms with van der Waals surface area (Å²) in [5.74, 6) is 0.659. The standard InChI is InChI=1S/C10H15N3O3/c1-8(14)5-6-12(2)10-4-3-9(7-11-10)13(15)16/h3-4,7-8,14H,5-6H2,1-2H3. The molecule has 0 aliphatic heterocycles. The molecule has 1 aromatic heterocycles. The van der Waals surface area contributed by atoms with Crippen molar-refractivity contribution in [1.82, 2.24) is 4.98 Å². The van der Waals surface area contributed by atoms with E-state index in [4.69, 9.17) is 5.11 Å². The van der Waals surface area contributed by atoms with Gasteiger partial charge in [0.15, 0.2) is 0 Å². The van der Waals surface area contributed by atoms with Crippen LogP contribution in [0.4, 0.5) is 11.5 Å². The fraction of sp³-hybridized carbons (Fsp3) is 0.500. The monoisotopic (exact) mass is 225 g/mol. The van der Waals surface area contributed by atoms with Gasteiger partial charge in [-0.15, -0.1) is 0 Å². The number of hydrogen-bond acceptors (Lipinski definition) is 5. The maximum atomic E-state index is 10.4. The topological polar surface area (TPSA) is 79.5 Å². The fourth-order valence-electron chi connectivity index (χ4n) is 1.21. The smallest absolute Gasteiger partial charge is 0.287 e. The molecule has 1 heterocycles. The SMILES string of the molecule is CC(O)CCN(C)c1ccc([N+](=O)[O-])cn1. The Morgan fingerprint density at radius 3 is 2.75 bits per heavy atom. The predicted octanol–water partition coefficient (Wildman–Crippen LogP) is 1.20. The summed E-state index contributed by atoms with van der Waals surface area (Å²) < 4.78 is 0. The molecule has 1 N–H and O–H groups in total. The van der Waals surface area contributed by atoms with Gasteiger partial charge in [0.2, 0.25) is 0 Å². The van der Waals surface area contributed by atoms with Crippen molar-refractivity contribution in [2.24, 2.45) is 0 Å². The van der Waals surface area contributed by atoms with Crippen LogP contribution in [0.3, 0.4) is 0 Å². The summed E-state index contributed by atoms with van der Waals surface area (Å²) in [5.41, 5.74) is -0.0207. The molecule has 0 fully saturated rings. The van der Waals surface area contributed by atoms with E-state index in [0.29, 0.717) is 18.8 Å². The van der Waals surface area contributed by atoms with E-state index in [9.17, 15) is 10.1 Å². The Morgan fingerprint density at radius 2 is 2.31 bits per heavy atom. The summed E-state index contributed by atoms with van der Waals surface area (Å²) in [6.45, 7) is 2.37. The summed E-state index contributed by atoms with van der Waals surface area (Å²) in [7, 11) is 1.83. The van der Waals surface area contributed by atoms with E-state index in [0.717, 1.165) is 0 Å². The lowest BCUT2D eigenvalue weighted by Crippen LogP contribution is -2.22. The lowest BCUT2D eigenvalue weighted by atomic mass is 10.3. The number of nitro groups is 1. The highest BCUT2D eigenvalue weighted by molar-refractivity contribution is 5.41. The van der Waals surface area contributed by atoms with Gasteiger partial charge in [-0.1, -0.05) is 0 Å². The Morgan fingerprint density at radius 1 is 1.62 bits per heavy atom. The molecule has 0 amide bonds. The van der Waals surface area contributed by atoms with E-state index < -0.39 is 4.92 Å². The molecule has 6 heteroatoms. The highest BCUT2D eigenvalue weighted by Crippen LogP contribution is 2.14. The Balaban J connectivity index is 2.63. The first-order chi connectivity index (χ1) is 7.50. The first-order valence-corrected chi connectivity index (χ1v) is 5.00. The van der Waals surface area contributed by atoms with Gasteiger partial charge in [0.1, 0.15) is 12.0 Å². The van der Waals surface area contributed by atoms with Crippen molar-refractivity contribution < 1.29 is 10.0 Å². The minimum atomic E-state index is -0.480. The average Bonchev–Trinajstić information content (AvgIpc) is 2.26. The minimum absolute atomic E-state index is 0.0207. The van der Waals surface area contributed by atoms with Gasteiger partial charge in [0.05, 0.1) is 11.0 Å². The quantitative estimate of drug-likeness (QED) is 0.601. The third-order valence-corrected chi connectivity index (χ3v) is 2.22. The van der Waals surface area contributed by atoms with E-state index in [2.05, 4.69) is 4.98 Å². The van der Waals surface area contributed by atoms with Crippen LogP contribution in [0.5, 0.6) is 0 Å². The molecule has 0 radical (unpaired) electrons. The number of hydrogen-bond donors (Lipinski definition) is 1. The average molecular weight is 225 g/mol. The molecule has 6 nitrogen and oxygen atoms in total. The molecule has 0 aliphatic rings. The molecule has 1 unspecified atom stereocenters. The van der Waals surface area contributed by atoms with Gasteiger partial charge >= 0.3 is 0 Å². The van der Waals surface area contributed by atoms with E-state index in [-0.39, 0.29) is 11.8 Å². The highest BCUT2D eigenvalue weighted by atomic mass is 16.6. The van der Waals surface area contributed by atoms with Crippen molar-refractivity contribution in [3.05, 3.63) is 28.4 Å². The van der Waals surface area contributed by atoms with Gasteiger partial charge in [-0.25, -0.2) is 4.98 Å². The largest absolute Gasteiger partial charge is 0.393 e. The maximum Gasteiger partial charge on any atom is 0.287 e. The second-order valence-electron chi connectivity index (χ2n) is 3.69. The van der Waals surface area contributed by atoms with Crippen LogP contribution in [-0.4, -0.2) is 34.7 Å². The Labute approximate surface area is 93.7 Å². The lowest BCUT2D eigenvalue weighted by molar-refractivity contribution is -0.385. The number of aliphatic hydroxyl groups is 1. The zero-order valence-electron chi connectivity index (χ0n) is 9.33. The molecular formula is C10H15N3O3. The van der Waals surface area contributed by atoms with Gasteiger partial charge < -0.3 is 10.0 Å². The van der Waals surface area contributed by atoms with E-state index >= 15 is 0 Å². The van der Waals surface area contributed by atoms with E-state index in [1.165, 1.54) is 12.3 Å². The van der Waals surface area contributed by atoms with Crippen LogP contribution in [0, 0.1) is 10.1 Å². The molecule has 1 atom stereocenters. The molecule has 1 aromatic rings. The predicted molar refractivity (Wildman–Crippen MR) is 60.5 cm³/mol. The van der Waals surface area contributed by atoms with E-state index in [1.54, 1.807) is 13.0 Å². The van der Waals surface area contributed by atoms with Crippen LogP contribution in [0.2, 0.25) is 0 Å². The van der Waals surface area contributed by atoms with Crippen LogP contribution in [0.15, 0.2) is 18.3 Å². The van der Waals surface area contributed by atoms with Gasteiger partial charge in [-0.2, -0.15) is 0 Å². The second-order valence-corrected chi connectivity index (χ2v) is 3.69. The number of aliphatic hydroxyl groups excluding tert-OH is 1. The number of rotatable bonds is 5. The first kappa shape index (κ1) is 12.4. The van der Waals surface area contributed by atoms with Crippen molar-refractivity contribution in [2.75, 3.05) is 18.5 Å². The zero-order chi connectivity index (χ0) is 12.1. The fourth-order valence-corrected chi connectivity index (χ4v) is 1.21. The third kappa shape index (κ3) is 3.47. The Kier molecular flexibility index (Phi) is 4.19. The molecule has 0 saturated heterocycles. The maximum absolute atomic E-state index is 10.4. The molecule has 0 bridgehead atoms. The molecular weight excluding hydrogens is 210 g/mol. The minimum Gasteiger partial charge on any atom is -0.393 e. The Bertz CT molecular complexity index is 351. The van der Waals surface area contributed by atoms with Gasteiger partial charge in [0, 0.05) is 19.7 Å². The Hall–Kier alpha value is -1.69.